The van der Waals surface area contributed by atoms with E-state index in [4.69, 9.17) is 0 Å². The van der Waals surface area contributed by atoms with Crippen molar-refractivity contribution in [2.45, 2.75) is 19.9 Å². The first kappa shape index (κ1) is 7.21. The molecular formula is C8H10N4. The van der Waals surface area contributed by atoms with Gasteiger partial charge in [-0.2, -0.15) is 9.90 Å². The highest BCUT2D eigenvalue weighted by Gasteiger charge is 2.03. The zero-order chi connectivity index (χ0) is 8.55. The Balaban J connectivity index is 2.62. The molecule has 0 amide bonds. The number of fused-ring (bicyclic) bond motifs is 1. The zero-order valence-electron chi connectivity index (χ0n) is 7.10. The lowest BCUT2D eigenvalue weighted by molar-refractivity contribution is 0.471. The Labute approximate surface area is 70.2 Å². The Hall–Kier alpha value is -1.45. The van der Waals surface area contributed by atoms with Gasteiger partial charge in [-0.15, -0.1) is 5.10 Å². The summed E-state index contributed by atoms with van der Waals surface area (Å²) in [4.78, 5) is 5.77. The average molecular weight is 162 g/mol. The molecule has 0 aliphatic heterocycles. The summed E-state index contributed by atoms with van der Waals surface area (Å²) in [7, 11) is 0. The van der Waals surface area contributed by atoms with E-state index in [1.165, 1.54) is 0 Å². The summed E-state index contributed by atoms with van der Waals surface area (Å²) in [5.74, 6) is 0. The van der Waals surface area contributed by atoms with Crippen LogP contribution in [0.5, 0.6) is 0 Å². The molecule has 0 spiro atoms. The maximum absolute atomic E-state index is 4.26. The first-order valence-corrected chi connectivity index (χ1v) is 3.95. The van der Waals surface area contributed by atoms with Crippen LogP contribution in [-0.2, 0) is 0 Å². The van der Waals surface area contributed by atoms with Crippen LogP contribution in [0, 0.1) is 0 Å². The van der Waals surface area contributed by atoms with E-state index in [2.05, 4.69) is 15.2 Å². The molecule has 0 unspecified atom stereocenters. The fourth-order valence-electron chi connectivity index (χ4n) is 1.00. The Morgan fingerprint density at radius 3 is 2.83 bits per heavy atom. The molecule has 0 saturated heterocycles. The van der Waals surface area contributed by atoms with Gasteiger partial charge in [-0.25, -0.2) is 4.98 Å². The molecule has 0 bridgehead atoms. The highest BCUT2D eigenvalue weighted by molar-refractivity contribution is 5.67. The Morgan fingerprint density at radius 2 is 2.17 bits per heavy atom. The van der Waals surface area contributed by atoms with Gasteiger partial charge in [0.1, 0.15) is 5.52 Å². The number of pyridine rings is 1. The molecule has 0 aliphatic carbocycles. The van der Waals surface area contributed by atoms with E-state index in [0.29, 0.717) is 11.7 Å². The van der Waals surface area contributed by atoms with Crippen molar-refractivity contribution >= 4 is 11.2 Å². The molecule has 2 rings (SSSR count). The van der Waals surface area contributed by atoms with Crippen LogP contribution in [-0.4, -0.2) is 20.0 Å². The van der Waals surface area contributed by atoms with E-state index >= 15 is 0 Å². The number of rotatable bonds is 1. The van der Waals surface area contributed by atoms with Crippen LogP contribution in [0.2, 0.25) is 0 Å². The monoisotopic (exact) mass is 162 g/mol. The molecule has 12 heavy (non-hydrogen) atoms. The van der Waals surface area contributed by atoms with Gasteiger partial charge in [0.25, 0.3) is 0 Å². The summed E-state index contributed by atoms with van der Waals surface area (Å²) in [5, 5.41) is 8.46. The molecule has 4 nitrogen and oxygen atoms in total. The van der Waals surface area contributed by atoms with E-state index in [1.54, 1.807) is 11.0 Å². The predicted octanol–water partition coefficient (Wildman–Crippen LogP) is 1.41. The maximum Gasteiger partial charge on any atom is 0.201 e. The minimum atomic E-state index is 0.291. The van der Waals surface area contributed by atoms with Crippen molar-refractivity contribution in [1.82, 2.24) is 20.0 Å². The Bertz CT molecular complexity index is 358. The van der Waals surface area contributed by atoms with Gasteiger partial charge >= 0.3 is 0 Å². The van der Waals surface area contributed by atoms with Gasteiger partial charge in [-0.1, -0.05) is 0 Å². The highest BCUT2D eigenvalue weighted by atomic mass is 15.5. The van der Waals surface area contributed by atoms with Gasteiger partial charge in [-0.3, -0.25) is 0 Å². The third kappa shape index (κ3) is 1.05. The second kappa shape index (κ2) is 2.55. The molecule has 62 valence electrons. The topological polar surface area (TPSA) is 43.6 Å². The Morgan fingerprint density at radius 1 is 1.33 bits per heavy atom. The number of nitrogens with zero attached hydrogens (tertiary/aromatic N) is 4. The molecule has 0 N–H and O–H groups in total. The van der Waals surface area contributed by atoms with Gasteiger partial charge in [0.15, 0.2) is 0 Å². The van der Waals surface area contributed by atoms with Crippen LogP contribution in [0.3, 0.4) is 0 Å². The van der Waals surface area contributed by atoms with Crippen molar-refractivity contribution < 1.29 is 0 Å². The number of hydrogen-bond donors (Lipinski definition) is 0. The first-order chi connectivity index (χ1) is 5.77. The standard InChI is InChI=1S/C8H10N4/c1-6(2)12-10-7-4-3-5-9-8(7)11-12/h3-6H,1-2H3. The molecule has 0 atom stereocenters. The van der Waals surface area contributed by atoms with Crippen LogP contribution in [0.1, 0.15) is 19.9 Å². The molecule has 0 aliphatic rings. The third-order valence-corrected chi connectivity index (χ3v) is 1.64. The summed E-state index contributed by atoms with van der Waals surface area (Å²) in [6.07, 6.45) is 1.72. The first-order valence-electron chi connectivity index (χ1n) is 3.95. The number of aromatic nitrogens is 4. The zero-order valence-corrected chi connectivity index (χ0v) is 7.10. The van der Waals surface area contributed by atoms with Gasteiger partial charge in [0, 0.05) is 6.20 Å². The lowest BCUT2D eigenvalue weighted by Crippen LogP contribution is -2.04. The minimum absolute atomic E-state index is 0.291. The predicted molar refractivity (Wildman–Crippen MR) is 45.7 cm³/mol. The SMILES string of the molecule is CC(C)n1nc2cccnc2n1. The third-order valence-electron chi connectivity index (χ3n) is 1.64. The van der Waals surface area contributed by atoms with E-state index in [9.17, 15) is 0 Å². The molecule has 0 saturated carbocycles. The van der Waals surface area contributed by atoms with E-state index in [0.717, 1.165) is 5.52 Å². The fraction of sp³-hybridized carbons (Fsp3) is 0.375. The van der Waals surface area contributed by atoms with Gasteiger partial charge in [-0.05, 0) is 26.0 Å². The largest absolute Gasteiger partial charge is 0.234 e. The molecule has 4 heteroatoms. The number of hydrogen-bond acceptors (Lipinski definition) is 3. The summed E-state index contributed by atoms with van der Waals surface area (Å²) in [5.41, 5.74) is 1.57. The smallest absolute Gasteiger partial charge is 0.201 e. The van der Waals surface area contributed by atoms with Crippen molar-refractivity contribution in [2.75, 3.05) is 0 Å². The lowest BCUT2D eigenvalue weighted by atomic mass is 10.4. The Kier molecular flexibility index (Phi) is 1.53. The summed E-state index contributed by atoms with van der Waals surface area (Å²) >= 11 is 0. The van der Waals surface area contributed by atoms with Crippen molar-refractivity contribution in [1.29, 1.82) is 0 Å². The maximum atomic E-state index is 4.26. The van der Waals surface area contributed by atoms with Crippen molar-refractivity contribution in [2.24, 2.45) is 0 Å². The van der Waals surface area contributed by atoms with Crippen LogP contribution in [0.15, 0.2) is 18.3 Å². The van der Waals surface area contributed by atoms with Crippen LogP contribution >= 0.6 is 0 Å². The molecule has 0 aromatic carbocycles. The molecular weight excluding hydrogens is 152 g/mol. The van der Waals surface area contributed by atoms with Crippen LogP contribution in [0.25, 0.3) is 11.2 Å². The second-order valence-corrected chi connectivity index (χ2v) is 2.96. The summed E-state index contributed by atoms with van der Waals surface area (Å²) in [6.45, 7) is 4.08. The normalized spacial score (nSPS) is 11.2. The van der Waals surface area contributed by atoms with Gasteiger partial charge in [0.2, 0.25) is 5.65 Å². The van der Waals surface area contributed by atoms with Crippen LogP contribution in [0.4, 0.5) is 0 Å². The molecule has 2 aromatic heterocycles. The molecule has 2 aromatic rings. The summed E-state index contributed by atoms with van der Waals surface area (Å²) < 4.78 is 0. The van der Waals surface area contributed by atoms with Crippen LogP contribution < -0.4 is 0 Å². The molecule has 0 fully saturated rings. The average Bonchev–Trinajstić information content (AvgIpc) is 2.46. The highest BCUT2D eigenvalue weighted by Crippen LogP contribution is 2.07. The molecule has 2 heterocycles. The fourth-order valence-corrected chi connectivity index (χ4v) is 1.00. The lowest BCUT2D eigenvalue weighted by Gasteiger charge is -1.99. The summed E-state index contributed by atoms with van der Waals surface area (Å²) in [6, 6.07) is 4.06. The molecule has 0 radical (unpaired) electrons. The van der Waals surface area contributed by atoms with Crippen molar-refractivity contribution in [3.05, 3.63) is 18.3 Å². The van der Waals surface area contributed by atoms with E-state index in [-0.39, 0.29) is 0 Å². The van der Waals surface area contributed by atoms with Crippen molar-refractivity contribution in [3.63, 3.8) is 0 Å². The van der Waals surface area contributed by atoms with Gasteiger partial charge < -0.3 is 0 Å². The van der Waals surface area contributed by atoms with E-state index < -0.39 is 0 Å². The van der Waals surface area contributed by atoms with Gasteiger partial charge in [0.05, 0.1) is 6.04 Å². The van der Waals surface area contributed by atoms with Crippen molar-refractivity contribution in [3.8, 4) is 0 Å². The quantitative estimate of drug-likeness (QED) is 0.636. The minimum Gasteiger partial charge on any atom is -0.234 e. The second-order valence-electron chi connectivity index (χ2n) is 2.96. The van der Waals surface area contributed by atoms with E-state index in [1.807, 2.05) is 26.0 Å².